The van der Waals surface area contributed by atoms with Crippen LogP contribution in [0.25, 0.3) is 11.0 Å². The van der Waals surface area contributed by atoms with Gasteiger partial charge < -0.3 is 4.90 Å². The third-order valence-corrected chi connectivity index (χ3v) is 8.81. The first-order valence-electron chi connectivity index (χ1n) is 11.4. The molecule has 0 bridgehead atoms. The van der Waals surface area contributed by atoms with E-state index in [-0.39, 0.29) is 23.5 Å². The van der Waals surface area contributed by atoms with Crippen LogP contribution in [0.3, 0.4) is 0 Å². The van der Waals surface area contributed by atoms with E-state index in [1.54, 1.807) is 4.68 Å². The van der Waals surface area contributed by atoms with E-state index >= 15 is 0 Å². The fourth-order valence-electron chi connectivity index (χ4n) is 5.15. The van der Waals surface area contributed by atoms with Crippen LogP contribution in [0, 0.1) is 6.92 Å². The Labute approximate surface area is 187 Å². The highest BCUT2D eigenvalue weighted by Gasteiger charge is 2.35. The van der Waals surface area contributed by atoms with Crippen molar-refractivity contribution in [1.29, 1.82) is 0 Å². The van der Waals surface area contributed by atoms with Crippen molar-refractivity contribution in [2.75, 3.05) is 18.1 Å². The fourth-order valence-corrected chi connectivity index (χ4v) is 6.84. The summed E-state index contributed by atoms with van der Waals surface area (Å²) in [6.45, 7) is 3.18. The zero-order chi connectivity index (χ0) is 22.0. The van der Waals surface area contributed by atoms with E-state index < -0.39 is 9.84 Å². The molecule has 3 aromatic rings. The molecule has 1 aromatic carbocycles. The van der Waals surface area contributed by atoms with E-state index in [0.29, 0.717) is 36.6 Å². The van der Waals surface area contributed by atoms with Crippen LogP contribution < -0.4 is 0 Å². The van der Waals surface area contributed by atoms with Crippen molar-refractivity contribution >= 4 is 26.8 Å². The Morgan fingerprint density at radius 1 is 1.12 bits per heavy atom. The zero-order valence-corrected chi connectivity index (χ0v) is 18.9. The molecule has 2 aromatic heterocycles. The van der Waals surface area contributed by atoms with Crippen molar-refractivity contribution in [3.63, 3.8) is 0 Å². The maximum atomic E-state index is 13.8. The lowest BCUT2D eigenvalue weighted by Crippen LogP contribution is -2.36. The minimum Gasteiger partial charge on any atom is -0.334 e. The van der Waals surface area contributed by atoms with Gasteiger partial charge in [0.15, 0.2) is 15.5 Å². The number of pyridine rings is 1. The van der Waals surface area contributed by atoms with Gasteiger partial charge in [-0.2, -0.15) is 5.10 Å². The Bertz CT molecular complexity index is 1360. The lowest BCUT2D eigenvalue weighted by molar-refractivity contribution is 0.0736. The van der Waals surface area contributed by atoms with E-state index in [1.165, 1.54) is 11.1 Å². The predicted octanol–water partition coefficient (Wildman–Crippen LogP) is 3.18. The Hall–Kier alpha value is -2.74. The smallest absolute Gasteiger partial charge is 0.255 e. The van der Waals surface area contributed by atoms with Gasteiger partial charge in [-0.1, -0.05) is 24.3 Å². The zero-order valence-electron chi connectivity index (χ0n) is 18.1. The average Bonchev–Trinajstić information content (AvgIpc) is 3.51. The fraction of sp³-hybridized carbons (Fsp3) is 0.458. The van der Waals surface area contributed by atoms with Gasteiger partial charge in [0.25, 0.3) is 5.91 Å². The quantitative estimate of drug-likeness (QED) is 0.612. The summed E-state index contributed by atoms with van der Waals surface area (Å²) in [6, 6.07) is 10.0. The number of rotatable bonds is 3. The Morgan fingerprint density at radius 2 is 1.91 bits per heavy atom. The summed E-state index contributed by atoms with van der Waals surface area (Å²) in [5.41, 5.74) is 5.49. The SMILES string of the molecule is Cc1nn([C@@H]2CCS(=O)(=O)C2)c2nc(C3CC3)cc(C(=O)N3CCc4ccccc4C3)c12. The number of aromatic nitrogens is 3. The molecule has 166 valence electrons. The lowest BCUT2D eigenvalue weighted by Gasteiger charge is -2.29. The van der Waals surface area contributed by atoms with Crippen LogP contribution in [0.1, 0.15) is 64.1 Å². The first-order chi connectivity index (χ1) is 15.4. The molecule has 2 fully saturated rings. The minimum absolute atomic E-state index is 0.00972. The van der Waals surface area contributed by atoms with Gasteiger partial charge >= 0.3 is 0 Å². The van der Waals surface area contributed by atoms with E-state index in [0.717, 1.165) is 36.0 Å². The molecule has 8 heteroatoms. The van der Waals surface area contributed by atoms with Crippen molar-refractivity contribution in [1.82, 2.24) is 19.7 Å². The number of aryl methyl sites for hydroxylation is 1. The summed E-state index contributed by atoms with van der Waals surface area (Å²) in [5, 5.41) is 5.47. The number of amides is 1. The van der Waals surface area contributed by atoms with Gasteiger partial charge in [0.2, 0.25) is 0 Å². The van der Waals surface area contributed by atoms with E-state index in [2.05, 4.69) is 12.1 Å². The monoisotopic (exact) mass is 450 g/mol. The highest BCUT2D eigenvalue weighted by Crippen LogP contribution is 2.41. The number of hydrogen-bond acceptors (Lipinski definition) is 5. The average molecular weight is 451 g/mol. The van der Waals surface area contributed by atoms with Crippen LogP contribution >= 0.6 is 0 Å². The number of fused-ring (bicyclic) bond motifs is 2. The highest BCUT2D eigenvalue weighted by atomic mass is 32.2. The van der Waals surface area contributed by atoms with Crippen LogP contribution in [0.5, 0.6) is 0 Å². The summed E-state index contributed by atoms with van der Waals surface area (Å²) in [4.78, 5) is 20.6. The van der Waals surface area contributed by atoms with Crippen molar-refractivity contribution in [2.45, 2.75) is 51.1 Å². The van der Waals surface area contributed by atoms with Crippen LogP contribution in [0.4, 0.5) is 0 Å². The molecule has 0 radical (unpaired) electrons. The minimum atomic E-state index is -3.05. The van der Waals surface area contributed by atoms with Crippen molar-refractivity contribution in [2.24, 2.45) is 0 Å². The number of benzene rings is 1. The third-order valence-electron chi connectivity index (χ3n) is 7.05. The van der Waals surface area contributed by atoms with Crippen LogP contribution in [-0.4, -0.2) is 52.0 Å². The van der Waals surface area contributed by atoms with E-state index in [4.69, 9.17) is 10.1 Å². The molecule has 4 heterocycles. The second kappa shape index (κ2) is 7.13. The van der Waals surface area contributed by atoms with Crippen molar-refractivity contribution in [3.8, 4) is 0 Å². The molecule has 0 unspecified atom stereocenters. The van der Waals surface area contributed by atoms with Crippen LogP contribution in [0.2, 0.25) is 0 Å². The van der Waals surface area contributed by atoms with Gasteiger partial charge in [-0.3, -0.25) is 4.79 Å². The number of sulfone groups is 1. The number of nitrogens with zero attached hydrogens (tertiary/aromatic N) is 4. The predicted molar refractivity (Wildman–Crippen MR) is 121 cm³/mol. The van der Waals surface area contributed by atoms with Gasteiger partial charge in [-0.05, 0) is 49.8 Å². The van der Waals surface area contributed by atoms with Gasteiger partial charge in [0.1, 0.15) is 0 Å². The molecule has 3 aliphatic rings. The standard InChI is InChI=1S/C24H26N4O3S/c1-15-22-20(24(29)27-10-8-16-4-2-3-5-18(16)13-27)12-21(17-6-7-17)25-23(22)28(26-15)19-9-11-32(30,31)14-19/h2-5,12,17,19H,6-11,13-14H2,1H3/t19-/m1/s1. The van der Waals surface area contributed by atoms with Gasteiger partial charge in [-0.25, -0.2) is 18.1 Å². The largest absolute Gasteiger partial charge is 0.334 e. The summed E-state index contributed by atoms with van der Waals surface area (Å²) in [6.07, 6.45) is 3.55. The molecule has 1 aliphatic carbocycles. The molecule has 1 saturated heterocycles. The highest BCUT2D eigenvalue weighted by molar-refractivity contribution is 7.91. The topological polar surface area (TPSA) is 85.2 Å². The molecule has 1 saturated carbocycles. The Morgan fingerprint density at radius 3 is 2.62 bits per heavy atom. The maximum absolute atomic E-state index is 13.8. The van der Waals surface area contributed by atoms with E-state index in [1.807, 2.05) is 30.0 Å². The Balaban J connectivity index is 1.45. The van der Waals surface area contributed by atoms with Crippen molar-refractivity contribution in [3.05, 3.63) is 58.4 Å². The van der Waals surface area contributed by atoms with Gasteiger partial charge in [0, 0.05) is 24.7 Å². The molecule has 0 N–H and O–H groups in total. The number of carbonyl (C=O) groups excluding carboxylic acids is 1. The molecular weight excluding hydrogens is 424 g/mol. The third kappa shape index (κ3) is 3.32. The first kappa shape index (κ1) is 19.9. The van der Waals surface area contributed by atoms with Crippen LogP contribution in [0.15, 0.2) is 30.3 Å². The number of hydrogen-bond donors (Lipinski definition) is 0. The molecule has 1 atom stereocenters. The molecular formula is C24H26N4O3S. The molecule has 0 spiro atoms. The maximum Gasteiger partial charge on any atom is 0.255 e. The summed E-state index contributed by atoms with van der Waals surface area (Å²) in [7, 11) is -3.05. The lowest BCUT2D eigenvalue weighted by atomic mass is 9.98. The molecule has 2 aliphatic heterocycles. The second-order valence-electron chi connectivity index (χ2n) is 9.40. The van der Waals surface area contributed by atoms with Crippen LogP contribution in [-0.2, 0) is 22.8 Å². The molecule has 32 heavy (non-hydrogen) atoms. The molecule has 7 nitrogen and oxygen atoms in total. The van der Waals surface area contributed by atoms with Gasteiger partial charge in [0.05, 0.1) is 34.2 Å². The summed E-state index contributed by atoms with van der Waals surface area (Å²) in [5.74, 6) is 0.656. The summed E-state index contributed by atoms with van der Waals surface area (Å²) >= 11 is 0. The van der Waals surface area contributed by atoms with Gasteiger partial charge in [-0.15, -0.1) is 0 Å². The summed E-state index contributed by atoms with van der Waals surface area (Å²) < 4.78 is 26.0. The normalized spacial score (nSPS) is 22.3. The first-order valence-corrected chi connectivity index (χ1v) is 13.2. The molecule has 1 amide bonds. The van der Waals surface area contributed by atoms with E-state index in [9.17, 15) is 13.2 Å². The number of carbonyl (C=O) groups is 1. The second-order valence-corrected chi connectivity index (χ2v) is 11.6. The molecule has 6 rings (SSSR count). The Kier molecular flexibility index (Phi) is 4.44. The van der Waals surface area contributed by atoms with Crippen molar-refractivity contribution < 1.29 is 13.2 Å².